The lowest BCUT2D eigenvalue weighted by molar-refractivity contribution is 0.399. The molecule has 1 N–H and O–H groups in total. The van der Waals surface area contributed by atoms with Gasteiger partial charge in [-0.15, -0.1) is 17.9 Å². The van der Waals surface area contributed by atoms with Crippen LogP contribution in [0.1, 0.15) is 36.9 Å². The molecule has 1 atom stereocenters. The van der Waals surface area contributed by atoms with E-state index in [0.29, 0.717) is 23.4 Å². The van der Waals surface area contributed by atoms with Gasteiger partial charge in [-0.25, -0.2) is 0 Å². The lowest BCUT2D eigenvalue weighted by atomic mass is 9.94. The first-order chi connectivity index (χ1) is 14.1. The van der Waals surface area contributed by atoms with E-state index in [2.05, 4.69) is 48.2 Å². The molecule has 0 saturated carbocycles. The molecule has 0 amide bonds. The molecule has 0 radical (unpaired) electrons. The van der Waals surface area contributed by atoms with Crippen LogP contribution in [-0.2, 0) is 6.42 Å². The second kappa shape index (κ2) is 8.31. The zero-order valence-corrected chi connectivity index (χ0v) is 18.0. The van der Waals surface area contributed by atoms with Gasteiger partial charge in [0.05, 0.1) is 16.5 Å². The Kier molecular flexibility index (Phi) is 5.60. The number of benzene rings is 1. The molecule has 1 aliphatic rings. The van der Waals surface area contributed by atoms with Crippen molar-refractivity contribution in [1.82, 2.24) is 20.4 Å². The molecule has 29 heavy (non-hydrogen) atoms. The van der Waals surface area contributed by atoms with E-state index in [4.69, 9.17) is 21.7 Å². The van der Waals surface area contributed by atoms with Gasteiger partial charge in [-0.05, 0) is 48.1 Å². The number of aromatic nitrogens is 2. The molecular formula is C22H22N4OS2. The predicted molar refractivity (Wildman–Crippen MR) is 121 cm³/mol. The van der Waals surface area contributed by atoms with Gasteiger partial charge in [0.2, 0.25) is 5.82 Å². The Morgan fingerprint density at radius 3 is 2.76 bits per heavy atom. The minimum Gasteiger partial charge on any atom is -0.351 e. The van der Waals surface area contributed by atoms with Crippen molar-refractivity contribution < 1.29 is 4.52 Å². The molecule has 4 rings (SSSR count). The Balaban J connectivity index is 1.81. The number of hydrogen-bond donors (Lipinski definition) is 1. The van der Waals surface area contributed by atoms with Crippen LogP contribution in [0.25, 0.3) is 16.3 Å². The predicted octanol–water partition coefficient (Wildman–Crippen LogP) is 5.21. The number of hydrogen-bond acceptors (Lipinski definition) is 5. The fourth-order valence-electron chi connectivity index (χ4n) is 3.44. The summed E-state index contributed by atoms with van der Waals surface area (Å²) >= 11 is 7.22. The average molecular weight is 423 g/mol. The number of aryl methyl sites for hydroxylation is 1. The molecule has 1 unspecified atom stereocenters. The van der Waals surface area contributed by atoms with Crippen LogP contribution in [0.2, 0.25) is 0 Å². The van der Waals surface area contributed by atoms with E-state index in [9.17, 15) is 0 Å². The summed E-state index contributed by atoms with van der Waals surface area (Å²) in [5.41, 5.74) is 4.31. The van der Waals surface area contributed by atoms with Crippen LogP contribution < -0.4 is 5.32 Å². The van der Waals surface area contributed by atoms with E-state index in [0.717, 1.165) is 28.1 Å². The van der Waals surface area contributed by atoms with E-state index in [-0.39, 0.29) is 6.04 Å². The Morgan fingerprint density at radius 1 is 1.31 bits per heavy atom. The summed E-state index contributed by atoms with van der Waals surface area (Å²) in [6.07, 6.45) is 2.83. The minimum atomic E-state index is -0.161. The van der Waals surface area contributed by atoms with Crippen LogP contribution in [0, 0.1) is 0 Å². The molecule has 0 saturated heterocycles. The molecule has 1 aliphatic heterocycles. The van der Waals surface area contributed by atoms with E-state index in [1.165, 1.54) is 5.56 Å². The van der Waals surface area contributed by atoms with Gasteiger partial charge in [0, 0.05) is 12.2 Å². The Hall–Kier alpha value is -2.77. The summed E-state index contributed by atoms with van der Waals surface area (Å²) in [5.74, 6) is 1.10. The number of thiophene rings is 1. The van der Waals surface area contributed by atoms with Gasteiger partial charge in [0.15, 0.2) is 5.11 Å². The van der Waals surface area contributed by atoms with E-state index < -0.39 is 0 Å². The molecular weight excluding hydrogens is 400 g/mol. The standard InChI is InChI=1S/C22H22N4OS2/c1-4-12-26-14(3)18(21-24-20(25-27-21)17-7-6-13-29-17)19(23-22(26)28)16-10-8-15(5-2)9-11-16/h4,6-11,13,19H,1,5,12H2,2-3H3,(H,23,28). The maximum atomic E-state index is 5.71. The monoisotopic (exact) mass is 422 g/mol. The molecule has 7 heteroatoms. The molecule has 0 fully saturated rings. The first kappa shape index (κ1) is 19.5. The molecule has 3 aromatic rings. The highest BCUT2D eigenvalue weighted by atomic mass is 32.1. The highest BCUT2D eigenvalue weighted by Crippen LogP contribution is 2.37. The van der Waals surface area contributed by atoms with E-state index in [1.54, 1.807) is 11.3 Å². The maximum Gasteiger partial charge on any atom is 0.258 e. The summed E-state index contributed by atoms with van der Waals surface area (Å²) in [6.45, 7) is 8.64. The zero-order valence-electron chi connectivity index (χ0n) is 16.4. The summed E-state index contributed by atoms with van der Waals surface area (Å²) < 4.78 is 5.71. The summed E-state index contributed by atoms with van der Waals surface area (Å²) in [5, 5.41) is 10.3. The van der Waals surface area contributed by atoms with Gasteiger partial charge >= 0.3 is 0 Å². The first-order valence-corrected chi connectivity index (χ1v) is 10.8. The van der Waals surface area contributed by atoms with Crippen LogP contribution in [0.4, 0.5) is 0 Å². The molecule has 0 spiro atoms. The lowest BCUT2D eigenvalue weighted by Gasteiger charge is -2.36. The number of rotatable bonds is 6. The quantitative estimate of drug-likeness (QED) is 0.435. The smallest absolute Gasteiger partial charge is 0.258 e. The fraction of sp³-hybridized carbons (Fsp3) is 0.227. The van der Waals surface area contributed by atoms with Gasteiger partial charge in [0.25, 0.3) is 5.89 Å². The summed E-state index contributed by atoms with van der Waals surface area (Å²) in [6, 6.07) is 12.4. The van der Waals surface area contributed by atoms with Gasteiger partial charge in [-0.2, -0.15) is 4.98 Å². The van der Waals surface area contributed by atoms with Crippen molar-refractivity contribution in [2.24, 2.45) is 0 Å². The SMILES string of the molecule is C=CCN1C(=S)NC(c2ccc(CC)cc2)C(c2nc(-c3cccs3)no2)=C1C. The maximum absolute atomic E-state index is 5.71. The van der Waals surface area contributed by atoms with Crippen molar-refractivity contribution in [2.75, 3.05) is 6.54 Å². The van der Waals surface area contributed by atoms with Gasteiger partial charge in [0.1, 0.15) is 0 Å². The van der Waals surface area contributed by atoms with Crippen molar-refractivity contribution >= 4 is 34.2 Å². The summed E-state index contributed by atoms with van der Waals surface area (Å²) in [4.78, 5) is 7.67. The van der Waals surface area contributed by atoms with Gasteiger partial charge in [-0.1, -0.05) is 48.5 Å². The largest absolute Gasteiger partial charge is 0.351 e. The van der Waals surface area contributed by atoms with Gasteiger partial charge in [-0.3, -0.25) is 0 Å². The lowest BCUT2D eigenvalue weighted by Crippen LogP contribution is -2.45. The van der Waals surface area contributed by atoms with Crippen LogP contribution >= 0.6 is 23.6 Å². The molecule has 1 aromatic carbocycles. The number of nitrogens with zero attached hydrogens (tertiary/aromatic N) is 3. The molecule has 3 heterocycles. The van der Waals surface area contributed by atoms with Crippen molar-refractivity contribution in [3.63, 3.8) is 0 Å². The third-order valence-corrected chi connectivity index (χ3v) is 6.23. The van der Waals surface area contributed by atoms with Crippen LogP contribution in [0.5, 0.6) is 0 Å². The number of nitrogens with one attached hydrogen (secondary N) is 1. The van der Waals surface area contributed by atoms with Crippen LogP contribution in [-0.4, -0.2) is 26.7 Å². The third-order valence-electron chi connectivity index (χ3n) is 5.03. The van der Waals surface area contributed by atoms with Crippen molar-refractivity contribution in [1.29, 1.82) is 0 Å². The number of allylic oxidation sites excluding steroid dienone is 1. The average Bonchev–Trinajstić information content (AvgIpc) is 3.42. The second-order valence-electron chi connectivity index (χ2n) is 6.78. The number of thiocarbonyl (C=S) groups is 1. The van der Waals surface area contributed by atoms with Crippen LogP contribution in [0.15, 0.2) is 64.7 Å². The molecule has 148 valence electrons. The topological polar surface area (TPSA) is 54.2 Å². The first-order valence-electron chi connectivity index (χ1n) is 9.48. The van der Waals surface area contributed by atoms with Crippen molar-refractivity contribution in [2.45, 2.75) is 26.3 Å². The highest BCUT2D eigenvalue weighted by molar-refractivity contribution is 7.80. The normalized spacial score (nSPS) is 16.8. The third kappa shape index (κ3) is 3.75. The molecule has 0 bridgehead atoms. The molecule has 5 nitrogen and oxygen atoms in total. The van der Waals surface area contributed by atoms with Gasteiger partial charge < -0.3 is 14.7 Å². The van der Waals surface area contributed by atoms with Crippen LogP contribution in [0.3, 0.4) is 0 Å². The Morgan fingerprint density at radius 2 is 2.10 bits per heavy atom. The summed E-state index contributed by atoms with van der Waals surface area (Å²) in [7, 11) is 0. The molecule has 2 aromatic heterocycles. The zero-order chi connectivity index (χ0) is 20.4. The Labute approximate surface area is 179 Å². The van der Waals surface area contributed by atoms with Crippen molar-refractivity contribution in [3.8, 4) is 10.7 Å². The second-order valence-corrected chi connectivity index (χ2v) is 8.11. The Bertz CT molecular complexity index is 1050. The fourth-order valence-corrected chi connectivity index (χ4v) is 4.42. The minimum absolute atomic E-state index is 0.161. The molecule has 0 aliphatic carbocycles. The van der Waals surface area contributed by atoms with E-state index in [1.807, 2.05) is 35.4 Å². The van der Waals surface area contributed by atoms with E-state index >= 15 is 0 Å². The van der Waals surface area contributed by atoms with Crippen molar-refractivity contribution in [3.05, 3.63) is 77.1 Å². The highest BCUT2D eigenvalue weighted by Gasteiger charge is 2.33.